The van der Waals surface area contributed by atoms with Crippen LogP contribution in [0.5, 0.6) is 5.75 Å². The van der Waals surface area contributed by atoms with Crippen molar-refractivity contribution in [3.8, 4) is 34.7 Å². The Morgan fingerprint density at radius 3 is 2.44 bits per heavy atom. The van der Waals surface area contributed by atoms with E-state index in [1.54, 1.807) is 31.7 Å². The van der Waals surface area contributed by atoms with Gasteiger partial charge < -0.3 is 19.3 Å². The number of carbonyl (C=O) groups is 2. The van der Waals surface area contributed by atoms with Gasteiger partial charge in [0, 0.05) is 29.8 Å². The predicted molar refractivity (Wildman–Crippen MR) is 145 cm³/mol. The molecule has 4 rings (SSSR count). The van der Waals surface area contributed by atoms with Crippen LogP contribution in [0.4, 0.5) is 13.6 Å². The van der Waals surface area contributed by atoms with E-state index in [0.717, 1.165) is 16.0 Å². The first-order valence-electron chi connectivity index (χ1n) is 13.1. The van der Waals surface area contributed by atoms with Crippen LogP contribution in [-0.4, -0.2) is 81.7 Å². The molecule has 1 aliphatic rings. The Bertz CT molecular complexity index is 1460. The second-order valence-corrected chi connectivity index (χ2v) is 10.7. The average molecular weight is 568 g/mol. The number of aromatic nitrogens is 2. The summed E-state index contributed by atoms with van der Waals surface area (Å²) in [5.74, 6) is 0.306. The number of ether oxygens (including phenoxy) is 1. The number of hydrogen-bond donors (Lipinski definition) is 1. The fraction of sp³-hybridized carbons (Fsp3) is 0.414. The molecule has 10 nitrogen and oxygen atoms in total. The van der Waals surface area contributed by atoms with Gasteiger partial charge >= 0.3 is 6.09 Å². The summed E-state index contributed by atoms with van der Waals surface area (Å²) in [5, 5.41) is 23.1. The highest BCUT2D eigenvalue weighted by molar-refractivity contribution is 5.82. The SMILES string of the molecule is CC(C)(C)N(CC(=O)N1CCc2ccc(-c3noc(-c4ccc(OC(CF)CF)c(C#N)c4)n3)cc2CC1)C(=O)O. The van der Waals surface area contributed by atoms with E-state index in [2.05, 4.69) is 10.1 Å². The van der Waals surface area contributed by atoms with Gasteiger partial charge in [-0.1, -0.05) is 17.3 Å². The first kappa shape index (κ1) is 29.5. The first-order chi connectivity index (χ1) is 19.5. The van der Waals surface area contributed by atoms with Crippen LogP contribution in [0.15, 0.2) is 40.9 Å². The first-order valence-corrected chi connectivity index (χ1v) is 13.1. The van der Waals surface area contributed by atoms with Gasteiger partial charge in [-0.25, -0.2) is 13.6 Å². The molecule has 2 amide bonds. The van der Waals surface area contributed by atoms with E-state index in [1.807, 2.05) is 24.3 Å². The smallest absolute Gasteiger partial charge is 0.408 e. The largest absolute Gasteiger partial charge is 0.484 e. The lowest BCUT2D eigenvalue weighted by Crippen LogP contribution is -2.51. The van der Waals surface area contributed by atoms with E-state index in [4.69, 9.17) is 9.26 Å². The molecular weight excluding hydrogens is 536 g/mol. The van der Waals surface area contributed by atoms with Crippen molar-refractivity contribution in [1.29, 1.82) is 5.26 Å². The van der Waals surface area contributed by atoms with E-state index in [-0.39, 0.29) is 29.7 Å². The zero-order valence-electron chi connectivity index (χ0n) is 23.1. The number of carboxylic acid groups (broad SMARTS) is 1. The highest BCUT2D eigenvalue weighted by Crippen LogP contribution is 2.29. The summed E-state index contributed by atoms with van der Waals surface area (Å²) < 4.78 is 36.4. The van der Waals surface area contributed by atoms with Crippen molar-refractivity contribution in [3.05, 3.63) is 53.1 Å². The number of carbonyl (C=O) groups excluding carboxylic acids is 1. The predicted octanol–water partition coefficient (Wildman–Crippen LogP) is 4.67. The van der Waals surface area contributed by atoms with Crippen molar-refractivity contribution in [2.45, 2.75) is 45.3 Å². The van der Waals surface area contributed by atoms with Crippen LogP contribution in [0.1, 0.15) is 37.5 Å². The van der Waals surface area contributed by atoms with Gasteiger partial charge in [-0.05, 0) is 69.0 Å². The maximum atomic E-state index is 13.0. The minimum Gasteiger partial charge on any atom is -0.484 e. The quantitative estimate of drug-likeness (QED) is 0.415. The van der Waals surface area contributed by atoms with Crippen LogP contribution < -0.4 is 4.74 Å². The summed E-state index contributed by atoms with van der Waals surface area (Å²) in [5.41, 5.74) is 2.63. The van der Waals surface area contributed by atoms with Gasteiger partial charge in [-0.2, -0.15) is 10.2 Å². The monoisotopic (exact) mass is 567 g/mol. The second-order valence-electron chi connectivity index (χ2n) is 10.7. The summed E-state index contributed by atoms with van der Waals surface area (Å²) >= 11 is 0. The van der Waals surface area contributed by atoms with E-state index in [0.29, 0.717) is 42.9 Å². The van der Waals surface area contributed by atoms with Gasteiger partial charge in [0.15, 0.2) is 6.10 Å². The van der Waals surface area contributed by atoms with Crippen LogP contribution >= 0.6 is 0 Å². The van der Waals surface area contributed by atoms with Crippen molar-refractivity contribution in [3.63, 3.8) is 0 Å². The van der Waals surface area contributed by atoms with E-state index >= 15 is 0 Å². The fourth-order valence-corrected chi connectivity index (χ4v) is 4.54. The summed E-state index contributed by atoms with van der Waals surface area (Å²) in [7, 11) is 0. The topological polar surface area (TPSA) is 133 Å². The number of halogens is 2. The normalized spacial score (nSPS) is 13.3. The Labute approximate surface area is 236 Å². The van der Waals surface area contributed by atoms with Gasteiger partial charge in [0.05, 0.1) is 5.56 Å². The molecule has 1 aromatic heterocycles. The third kappa shape index (κ3) is 6.80. The molecule has 2 heterocycles. The number of nitriles is 1. The van der Waals surface area contributed by atoms with Gasteiger partial charge in [0.1, 0.15) is 31.7 Å². The van der Waals surface area contributed by atoms with Crippen LogP contribution in [-0.2, 0) is 17.6 Å². The van der Waals surface area contributed by atoms with Gasteiger partial charge in [0.25, 0.3) is 5.89 Å². The minimum atomic E-state index is -1.29. The summed E-state index contributed by atoms with van der Waals surface area (Å²) in [6.07, 6.45) is -1.22. The van der Waals surface area contributed by atoms with E-state index in [9.17, 15) is 28.7 Å². The molecule has 0 fully saturated rings. The highest BCUT2D eigenvalue weighted by Gasteiger charge is 2.30. The van der Waals surface area contributed by atoms with Crippen LogP contribution in [0.3, 0.4) is 0 Å². The molecule has 0 aliphatic carbocycles. The molecule has 0 saturated carbocycles. The maximum absolute atomic E-state index is 13.0. The molecule has 0 unspecified atom stereocenters. The number of benzene rings is 2. The lowest BCUT2D eigenvalue weighted by atomic mass is 10.00. The van der Waals surface area contributed by atoms with E-state index in [1.165, 1.54) is 12.1 Å². The zero-order valence-corrected chi connectivity index (χ0v) is 23.1. The lowest BCUT2D eigenvalue weighted by molar-refractivity contribution is -0.133. The fourth-order valence-electron chi connectivity index (χ4n) is 4.54. The Morgan fingerprint density at radius 2 is 1.80 bits per heavy atom. The second kappa shape index (κ2) is 12.3. The molecule has 0 bridgehead atoms. The van der Waals surface area contributed by atoms with Crippen LogP contribution in [0.25, 0.3) is 22.8 Å². The molecule has 12 heteroatoms. The molecule has 0 radical (unpaired) electrons. The number of hydrogen-bond acceptors (Lipinski definition) is 7. The Kier molecular flexibility index (Phi) is 8.86. The van der Waals surface area contributed by atoms with Crippen molar-refractivity contribution in [2.75, 3.05) is 33.0 Å². The zero-order chi connectivity index (χ0) is 29.7. The molecule has 41 heavy (non-hydrogen) atoms. The maximum Gasteiger partial charge on any atom is 0.408 e. The molecule has 0 saturated heterocycles. The summed E-state index contributed by atoms with van der Waals surface area (Å²) in [4.78, 5) is 31.9. The van der Waals surface area contributed by atoms with Gasteiger partial charge in [0.2, 0.25) is 11.7 Å². The lowest BCUT2D eigenvalue weighted by Gasteiger charge is -2.34. The number of rotatable bonds is 8. The van der Waals surface area contributed by atoms with Crippen molar-refractivity contribution in [2.24, 2.45) is 0 Å². The Hall–Kier alpha value is -4.53. The molecule has 0 spiro atoms. The molecular formula is C29H31F2N5O5. The summed E-state index contributed by atoms with van der Waals surface area (Å²) in [6, 6.07) is 12.2. The third-order valence-electron chi connectivity index (χ3n) is 6.86. The van der Waals surface area contributed by atoms with Crippen molar-refractivity contribution < 1.29 is 32.7 Å². The highest BCUT2D eigenvalue weighted by atomic mass is 19.1. The molecule has 1 aliphatic heterocycles. The van der Waals surface area contributed by atoms with Crippen molar-refractivity contribution >= 4 is 12.0 Å². The van der Waals surface area contributed by atoms with Gasteiger partial charge in [-0.3, -0.25) is 9.69 Å². The minimum absolute atomic E-state index is 0.0589. The molecule has 2 aromatic carbocycles. The Morgan fingerprint density at radius 1 is 1.12 bits per heavy atom. The molecule has 1 N–H and O–H groups in total. The van der Waals surface area contributed by atoms with E-state index < -0.39 is 31.1 Å². The van der Waals surface area contributed by atoms with Gasteiger partial charge in [-0.15, -0.1) is 0 Å². The average Bonchev–Trinajstić information content (AvgIpc) is 3.34. The number of amides is 2. The van der Waals surface area contributed by atoms with Crippen molar-refractivity contribution in [1.82, 2.24) is 19.9 Å². The molecule has 3 aromatic rings. The van der Waals surface area contributed by atoms with Crippen LogP contribution in [0.2, 0.25) is 0 Å². The molecule has 0 atom stereocenters. The Balaban J connectivity index is 1.48. The number of alkyl halides is 2. The van der Waals surface area contributed by atoms with Crippen LogP contribution in [0, 0.1) is 11.3 Å². The summed E-state index contributed by atoms with van der Waals surface area (Å²) in [6.45, 7) is 3.93. The molecule has 216 valence electrons. The standard InChI is InChI=1S/C29H31F2N5O5/c1-29(2,3)36(28(38)39)17-25(37)35-10-8-18-4-5-20(12-19(18)9-11-35)26-33-27(41-34-26)21-6-7-24(22(13-21)16-32)40-23(14-30)15-31/h4-7,12-13,23H,8-11,14-15,17H2,1-3H3,(H,38,39). The number of nitrogens with zero attached hydrogens (tertiary/aromatic N) is 5. The third-order valence-corrected chi connectivity index (χ3v) is 6.86. The number of fused-ring (bicyclic) bond motifs is 1.